The predicted molar refractivity (Wildman–Crippen MR) is 86.2 cm³/mol. The van der Waals surface area contributed by atoms with Crippen LogP contribution in [0.25, 0.3) is 10.2 Å². The van der Waals surface area contributed by atoms with Crippen molar-refractivity contribution >= 4 is 21.6 Å². The molecule has 0 fully saturated rings. The standard InChI is InChI=1S/C16H17N3OS/c1-10-11(2)21-16-14(10)15(18-9-19-16)20-13-5-3-12(4-6-13)7-8-17/h3-6,9H,7-8,17H2,1-2H3. The molecule has 108 valence electrons. The van der Waals surface area contributed by atoms with E-state index in [0.717, 1.165) is 22.4 Å². The zero-order valence-electron chi connectivity index (χ0n) is 12.1. The fourth-order valence-electron chi connectivity index (χ4n) is 2.23. The van der Waals surface area contributed by atoms with E-state index < -0.39 is 0 Å². The highest BCUT2D eigenvalue weighted by molar-refractivity contribution is 7.18. The van der Waals surface area contributed by atoms with Crippen LogP contribution in [0, 0.1) is 13.8 Å². The zero-order chi connectivity index (χ0) is 14.8. The summed E-state index contributed by atoms with van der Waals surface area (Å²) in [6.07, 6.45) is 2.43. The van der Waals surface area contributed by atoms with Gasteiger partial charge in [0.15, 0.2) is 0 Å². The molecule has 5 heteroatoms. The summed E-state index contributed by atoms with van der Waals surface area (Å²) in [5, 5.41) is 1.01. The van der Waals surface area contributed by atoms with Crippen LogP contribution in [0.15, 0.2) is 30.6 Å². The molecule has 0 aliphatic heterocycles. The van der Waals surface area contributed by atoms with Gasteiger partial charge in [0, 0.05) is 4.88 Å². The minimum absolute atomic E-state index is 0.619. The molecule has 0 atom stereocenters. The van der Waals surface area contributed by atoms with Crippen molar-refractivity contribution < 1.29 is 4.74 Å². The normalized spacial score (nSPS) is 11.0. The first-order chi connectivity index (χ1) is 10.2. The summed E-state index contributed by atoms with van der Waals surface area (Å²) < 4.78 is 5.94. The molecule has 3 aromatic rings. The summed E-state index contributed by atoms with van der Waals surface area (Å²) in [5.74, 6) is 1.40. The van der Waals surface area contributed by atoms with Crippen LogP contribution in [-0.2, 0) is 6.42 Å². The maximum atomic E-state index is 5.94. The van der Waals surface area contributed by atoms with Crippen molar-refractivity contribution in [3.63, 3.8) is 0 Å². The van der Waals surface area contributed by atoms with Crippen molar-refractivity contribution in [3.8, 4) is 11.6 Å². The number of ether oxygens (including phenoxy) is 1. The molecular weight excluding hydrogens is 282 g/mol. The van der Waals surface area contributed by atoms with E-state index in [1.165, 1.54) is 16.0 Å². The molecule has 0 bridgehead atoms. The van der Waals surface area contributed by atoms with E-state index in [0.29, 0.717) is 12.4 Å². The first-order valence-corrected chi connectivity index (χ1v) is 7.68. The number of thiophene rings is 1. The molecular formula is C16H17N3OS. The van der Waals surface area contributed by atoms with Crippen molar-refractivity contribution in [2.45, 2.75) is 20.3 Å². The molecule has 0 aliphatic rings. The third kappa shape index (κ3) is 2.75. The summed E-state index contributed by atoms with van der Waals surface area (Å²) in [6.45, 7) is 4.82. The van der Waals surface area contributed by atoms with Crippen molar-refractivity contribution in [1.82, 2.24) is 9.97 Å². The van der Waals surface area contributed by atoms with Gasteiger partial charge < -0.3 is 10.5 Å². The van der Waals surface area contributed by atoms with Gasteiger partial charge >= 0.3 is 0 Å². The fraction of sp³-hybridized carbons (Fsp3) is 0.250. The molecule has 0 saturated heterocycles. The molecule has 2 N–H and O–H groups in total. The molecule has 0 amide bonds. The van der Waals surface area contributed by atoms with E-state index in [2.05, 4.69) is 23.8 Å². The van der Waals surface area contributed by atoms with Crippen molar-refractivity contribution in [3.05, 3.63) is 46.6 Å². The van der Waals surface area contributed by atoms with Gasteiger partial charge in [-0.05, 0) is 50.1 Å². The van der Waals surface area contributed by atoms with E-state index >= 15 is 0 Å². The Kier molecular flexibility index (Phi) is 3.86. The van der Waals surface area contributed by atoms with Crippen LogP contribution in [0.2, 0.25) is 0 Å². The number of hydrogen-bond acceptors (Lipinski definition) is 5. The van der Waals surface area contributed by atoms with Crippen LogP contribution in [-0.4, -0.2) is 16.5 Å². The number of hydrogen-bond donors (Lipinski definition) is 1. The van der Waals surface area contributed by atoms with E-state index in [1.807, 2.05) is 24.3 Å². The summed E-state index contributed by atoms with van der Waals surface area (Å²) in [4.78, 5) is 10.8. The maximum Gasteiger partial charge on any atom is 0.231 e. The number of fused-ring (bicyclic) bond motifs is 1. The second-order valence-corrected chi connectivity index (χ2v) is 6.13. The third-order valence-electron chi connectivity index (χ3n) is 3.50. The average Bonchev–Trinajstić information content (AvgIpc) is 2.78. The molecule has 3 rings (SSSR count). The predicted octanol–water partition coefficient (Wildman–Crippen LogP) is 3.60. The fourth-order valence-corrected chi connectivity index (χ4v) is 3.22. The van der Waals surface area contributed by atoms with Gasteiger partial charge in [0.05, 0.1) is 5.39 Å². The molecule has 4 nitrogen and oxygen atoms in total. The quantitative estimate of drug-likeness (QED) is 0.799. The highest BCUT2D eigenvalue weighted by Crippen LogP contribution is 2.35. The summed E-state index contributed by atoms with van der Waals surface area (Å²) in [6, 6.07) is 7.97. The third-order valence-corrected chi connectivity index (χ3v) is 4.62. The van der Waals surface area contributed by atoms with Crippen LogP contribution in [0.3, 0.4) is 0 Å². The maximum absolute atomic E-state index is 5.94. The van der Waals surface area contributed by atoms with Crippen molar-refractivity contribution in [2.75, 3.05) is 6.54 Å². The number of aromatic nitrogens is 2. The van der Waals surface area contributed by atoms with Gasteiger partial charge in [0.2, 0.25) is 5.88 Å². The minimum atomic E-state index is 0.619. The molecule has 1 aromatic carbocycles. The lowest BCUT2D eigenvalue weighted by Gasteiger charge is -2.07. The number of aryl methyl sites for hydroxylation is 2. The van der Waals surface area contributed by atoms with Crippen LogP contribution in [0.4, 0.5) is 0 Å². The first-order valence-electron chi connectivity index (χ1n) is 6.86. The lowest BCUT2D eigenvalue weighted by atomic mass is 10.1. The van der Waals surface area contributed by atoms with Gasteiger partial charge in [-0.25, -0.2) is 9.97 Å². The summed E-state index contributed by atoms with van der Waals surface area (Å²) >= 11 is 1.67. The Hall–Kier alpha value is -1.98. The molecule has 0 saturated carbocycles. The Morgan fingerprint density at radius 1 is 1.14 bits per heavy atom. The molecule has 0 radical (unpaired) electrons. The van der Waals surface area contributed by atoms with Crippen LogP contribution in [0.1, 0.15) is 16.0 Å². The molecule has 0 spiro atoms. The van der Waals surface area contributed by atoms with Crippen molar-refractivity contribution in [1.29, 1.82) is 0 Å². The molecule has 0 unspecified atom stereocenters. The van der Waals surface area contributed by atoms with Gasteiger partial charge in [-0.15, -0.1) is 11.3 Å². The average molecular weight is 299 g/mol. The summed E-state index contributed by atoms with van der Waals surface area (Å²) in [7, 11) is 0. The van der Waals surface area contributed by atoms with E-state index in [1.54, 1.807) is 17.7 Å². The lowest BCUT2D eigenvalue weighted by molar-refractivity contribution is 0.468. The second kappa shape index (κ2) is 5.79. The van der Waals surface area contributed by atoms with Crippen LogP contribution < -0.4 is 10.5 Å². The number of nitrogens with zero attached hydrogens (tertiary/aromatic N) is 2. The summed E-state index contributed by atoms with van der Waals surface area (Å²) in [5.41, 5.74) is 7.95. The number of benzene rings is 1. The van der Waals surface area contributed by atoms with E-state index in [4.69, 9.17) is 10.5 Å². The Labute approximate surface area is 127 Å². The number of rotatable bonds is 4. The van der Waals surface area contributed by atoms with Gasteiger partial charge in [-0.2, -0.15) is 0 Å². The van der Waals surface area contributed by atoms with E-state index in [-0.39, 0.29) is 0 Å². The monoisotopic (exact) mass is 299 g/mol. The highest BCUT2D eigenvalue weighted by atomic mass is 32.1. The smallest absolute Gasteiger partial charge is 0.231 e. The minimum Gasteiger partial charge on any atom is -0.438 e. The van der Waals surface area contributed by atoms with Gasteiger partial charge in [-0.3, -0.25) is 0 Å². The second-order valence-electron chi connectivity index (χ2n) is 4.93. The van der Waals surface area contributed by atoms with Gasteiger partial charge in [0.1, 0.15) is 16.9 Å². The topological polar surface area (TPSA) is 61.0 Å². The Morgan fingerprint density at radius 3 is 2.62 bits per heavy atom. The van der Waals surface area contributed by atoms with Crippen LogP contribution >= 0.6 is 11.3 Å². The zero-order valence-corrected chi connectivity index (χ0v) is 12.9. The number of nitrogens with two attached hydrogens (primary N) is 1. The Balaban J connectivity index is 1.94. The Bertz CT molecular complexity index is 765. The molecule has 21 heavy (non-hydrogen) atoms. The molecule has 2 heterocycles. The van der Waals surface area contributed by atoms with Crippen molar-refractivity contribution in [2.24, 2.45) is 5.73 Å². The van der Waals surface area contributed by atoms with Gasteiger partial charge in [-0.1, -0.05) is 12.1 Å². The highest BCUT2D eigenvalue weighted by Gasteiger charge is 2.13. The van der Waals surface area contributed by atoms with Gasteiger partial charge in [0.25, 0.3) is 0 Å². The first kappa shape index (κ1) is 14.0. The molecule has 2 aromatic heterocycles. The Morgan fingerprint density at radius 2 is 1.90 bits per heavy atom. The van der Waals surface area contributed by atoms with Crippen LogP contribution in [0.5, 0.6) is 11.6 Å². The lowest BCUT2D eigenvalue weighted by Crippen LogP contribution is -2.02. The largest absolute Gasteiger partial charge is 0.438 e. The molecule has 0 aliphatic carbocycles. The SMILES string of the molecule is Cc1sc2ncnc(Oc3ccc(CCN)cc3)c2c1C. The van der Waals surface area contributed by atoms with E-state index in [9.17, 15) is 0 Å².